The molecule has 1 aliphatic rings. The van der Waals surface area contributed by atoms with E-state index in [9.17, 15) is 9.59 Å². The van der Waals surface area contributed by atoms with Crippen LogP contribution in [0.1, 0.15) is 27.2 Å². The van der Waals surface area contributed by atoms with Gasteiger partial charge in [0.15, 0.2) is 5.78 Å². The number of esters is 1. The van der Waals surface area contributed by atoms with Gasteiger partial charge in [0.05, 0.1) is 17.4 Å². The van der Waals surface area contributed by atoms with Crippen LogP contribution in [0.25, 0.3) is 0 Å². The average Bonchev–Trinajstić information content (AvgIpc) is 2.75. The van der Waals surface area contributed by atoms with E-state index in [1.165, 1.54) is 7.11 Å². The number of carbonyl (C=O) groups excluding carboxylic acids is 2. The zero-order chi connectivity index (χ0) is 11.1. The fourth-order valence-corrected chi connectivity index (χ4v) is 2.63. The van der Waals surface area contributed by atoms with Gasteiger partial charge >= 0.3 is 5.97 Å². The second-order valence-corrected chi connectivity index (χ2v) is 6.14. The first-order chi connectivity index (χ1) is 6.23. The largest absolute Gasteiger partial charge is 0.469 e. The first kappa shape index (κ1) is 11.7. The Morgan fingerprint density at radius 2 is 1.93 bits per heavy atom. The fraction of sp³-hybridized carbons (Fsp3) is 0.800. The molecular weight excluding hydrogens is 248 g/mol. The smallest absolute Gasteiger partial charge is 0.310 e. The van der Waals surface area contributed by atoms with Crippen LogP contribution in [-0.4, -0.2) is 23.2 Å². The number of carbonyl (C=O) groups is 2. The Balaban J connectivity index is 2.74. The van der Waals surface area contributed by atoms with Crippen LogP contribution >= 0.6 is 15.9 Å². The van der Waals surface area contributed by atoms with Crippen molar-refractivity contribution < 1.29 is 14.3 Å². The fourth-order valence-electron chi connectivity index (χ4n) is 1.52. The van der Waals surface area contributed by atoms with Crippen molar-refractivity contribution in [2.75, 3.05) is 7.11 Å². The lowest BCUT2D eigenvalue weighted by Crippen LogP contribution is -2.33. The molecule has 0 aromatic rings. The van der Waals surface area contributed by atoms with E-state index in [1.807, 2.05) is 20.8 Å². The maximum absolute atomic E-state index is 11.9. The molecule has 0 N–H and O–H groups in total. The normalized spacial score (nSPS) is 31.1. The van der Waals surface area contributed by atoms with Crippen molar-refractivity contribution in [1.82, 2.24) is 0 Å². The van der Waals surface area contributed by atoms with Gasteiger partial charge in [-0.15, -0.1) is 0 Å². The van der Waals surface area contributed by atoms with Gasteiger partial charge in [0.2, 0.25) is 0 Å². The highest BCUT2D eigenvalue weighted by atomic mass is 79.9. The molecule has 0 radical (unpaired) electrons. The Labute approximate surface area is 92.3 Å². The number of ketones is 1. The van der Waals surface area contributed by atoms with Crippen LogP contribution in [0.4, 0.5) is 0 Å². The molecule has 0 saturated heterocycles. The lowest BCUT2D eigenvalue weighted by molar-refractivity contribution is -0.143. The summed E-state index contributed by atoms with van der Waals surface area (Å²) in [5.41, 5.74) is -0.424. The van der Waals surface area contributed by atoms with E-state index in [0.29, 0.717) is 6.42 Å². The number of methoxy groups -OCH3 is 1. The van der Waals surface area contributed by atoms with Gasteiger partial charge in [-0.25, -0.2) is 0 Å². The van der Waals surface area contributed by atoms with E-state index in [0.717, 1.165) is 0 Å². The van der Waals surface area contributed by atoms with Crippen molar-refractivity contribution in [3.63, 3.8) is 0 Å². The molecule has 0 heterocycles. The third kappa shape index (κ3) is 1.85. The van der Waals surface area contributed by atoms with Gasteiger partial charge in [0.1, 0.15) is 0 Å². The van der Waals surface area contributed by atoms with E-state index in [-0.39, 0.29) is 17.7 Å². The lowest BCUT2D eigenvalue weighted by Gasteiger charge is -2.20. The monoisotopic (exact) mass is 262 g/mol. The zero-order valence-corrected chi connectivity index (χ0v) is 10.5. The Morgan fingerprint density at radius 3 is 2.29 bits per heavy atom. The molecule has 0 aliphatic heterocycles. The third-order valence-corrected chi connectivity index (χ3v) is 3.67. The lowest BCUT2D eigenvalue weighted by atomic mass is 9.87. The first-order valence-corrected chi connectivity index (χ1v) is 5.34. The second kappa shape index (κ2) is 3.33. The van der Waals surface area contributed by atoms with E-state index in [2.05, 4.69) is 20.7 Å². The van der Waals surface area contributed by atoms with Gasteiger partial charge in [-0.3, -0.25) is 9.59 Å². The number of hydrogen-bond donors (Lipinski definition) is 0. The summed E-state index contributed by atoms with van der Waals surface area (Å²) in [5.74, 6) is -0.542. The zero-order valence-electron chi connectivity index (χ0n) is 8.89. The van der Waals surface area contributed by atoms with E-state index < -0.39 is 9.74 Å². The van der Waals surface area contributed by atoms with E-state index in [4.69, 9.17) is 0 Å². The first-order valence-electron chi connectivity index (χ1n) is 4.55. The number of hydrogen-bond acceptors (Lipinski definition) is 3. The molecule has 1 aliphatic carbocycles. The van der Waals surface area contributed by atoms with Gasteiger partial charge in [0, 0.05) is 5.41 Å². The maximum atomic E-state index is 11.9. The highest BCUT2D eigenvalue weighted by molar-refractivity contribution is 9.10. The van der Waals surface area contributed by atoms with Gasteiger partial charge in [-0.2, -0.15) is 0 Å². The second-order valence-electron chi connectivity index (χ2n) is 4.72. The molecule has 2 unspecified atom stereocenters. The van der Waals surface area contributed by atoms with Gasteiger partial charge < -0.3 is 4.74 Å². The van der Waals surface area contributed by atoms with Crippen LogP contribution in [-0.2, 0) is 14.3 Å². The number of ether oxygens (including phenoxy) is 1. The number of alkyl halides is 1. The molecule has 1 saturated carbocycles. The van der Waals surface area contributed by atoms with Crippen LogP contribution < -0.4 is 0 Å². The van der Waals surface area contributed by atoms with Crippen LogP contribution in [0, 0.1) is 11.3 Å². The Kier molecular flexibility index (Phi) is 2.78. The van der Waals surface area contributed by atoms with Crippen molar-refractivity contribution in [3.05, 3.63) is 0 Å². The SMILES string of the molecule is COC(=O)C1CC1(Br)C(=O)C(C)(C)C. The Hall–Kier alpha value is -0.380. The molecular formula is C10H15BrO3. The van der Waals surface area contributed by atoms with Gasteiger partial charge in [0.25, 0.3) is 0 Å². The molecule has 1 rings (SSSR count). The van der Waals surface area contributed by atoms with E-state index >= 15 is 0 Å². The van der Waals surface area contributed by atoms with Crippen molar-refractivity contribution in [3.8, 4) is 0 Å². The Bertz CT molecular complexity index is 280. The molecule has 1 fully saturated rings. The highest BCUT2D eigenvalue weighted by Gasteiger charge is 2.64. The van der Waals surface area contributed by atoms with Gasteiger partial charge in [-0.05, 0) is 6.42 Å². The molecule has 0 spiro atoms. The summed E-state index contributed by atoms with van der Waals surface area (Å²) in [6.07, 6.45) is 0.551. The van der Waals surface area contributed by atoms with Crippen molar-refractivity contribution >= 4 is 27.7 Å². The summed E-state index contributed by atoms with van der Waals surface area (Å²) in [7, 11) is 1.34. The quantitative estimate of drug-likeness (QED) is 0.564. The topological polar surface area (TPSA) is 43.4 Å². The van der Waals surface area contributed by atoms with Crippen LogP contribution in [0.3, 0.4) is 0 Å². The van der Waals surface area contributed by atoms with Crippen LogP contribution in [0.2, 0.25) is 0 Å². The molecule has 0 amide bonds. The number of halogens is 1. The van der Waals surface area contributed by atoms with Crippen molar-refractivity contribution in [2.45, 2.75) is 31.5 Å². The summed E-state index contributed by atoms with van der Waals surface area (Å²) in [6, 6.07) is 0. The number of Topliss-reactive ketones (excluding diaryl/α,β-unsaturated/α-hetero) is 1. The third-order valence-electron chi connectivity index (χ3n) is 2.44. The molecule has 80 valence electrons. The summed E-state index contributed by atoms with van der Waals surface area (Å²) in [6.45, 7) is 5.56. The summed E-state index contributed by atoms with van der Waals surface area (Å²) in [4.78, 5) is 23.1. The molecule has 14 heavy (non-hydrogen) atoms. The molecule has 0 aromatic carbocycles. The molecule has 2 atom stereocenters. The van der Waals surface area contributed by atoms with E-state index in [1.54, 1.807) is 0 Å². The average molecular weight is 263 g/mol. The predicted molar refractivity (Wildman–Crippen MR) is 56.2 cm³/mol. The van der Waals surface area contributed by atoms with Gasteiger partial charge in [-0.1, -0.05) is 36.7 Å². The summed E-state index contributed by atoms with van der Waals surface area (Å²) >= 11 is 3.35. The Morgan fingerprint density at radius 1 is 1.43 bits per heavy atom. The molecule has 0 aromatic heterocycles. The summed E-state index contributed by atoms with van der Waals surface area (Å²) in [5, 5.41) is 0. The highest BCUT2D eigenvalue weighted by Crippen LogP contribution is 2.55. The van der Waals surface area contributed by atoms with Crippen molar-refractivity contribution in [2.24, 2.45) is 11.3 Å². The number of rotatable bonds is 2. The minimum atomic E-state index is -0.668. The van der Waals surface area contributed by atoms with Crippen molar-refractivity contribution in [1.29, 1.82) is 0 Å². The molecule has 4 heteroatoms. The maximum Gasteiger partial charge on any atom is 0.310 e. The molecule has 0 bridgehead atoms. The van der Waals surface area contributed by atoms with Crippen LogP contribution in [0.15, 0.2) is 0 Å². The van der Waals surface area contributed by atoms with Crippen LogP contribution in [0.5, 0.6) is 0 Å². The minimum absolute atomic E-state index is 0.0698. The predicted octanol–water partition coefficient (Wildman–Crippen LogP) is 1.93. The molecule has 3 nitrogen and oxygen atoms in total. The standard InChI is InChI=1S/C10H15BrO3/c1-9(2,3)8(13)10(11)5-6(10)7(12)14-4/h6H,5H2,1-4H3. The summed E-state index contributed by atoms with van der Waals surface area (Å²) < 4.78 is 3.94. The minimum Gasteiger partial charge on any atom is -0.469 e.